The largest absolute Gasteiger partial charge is 0.481 e. The van der Waals surface area contributed by atoms with Crippen LogP contribution < -0.4 is 0 Å². The zero-order valence-corrected chi connectivity index (χ0v) is 10.3. The van der Waals surface area contributed by atoms with Crippen molar-refractivity contribution in [2.24, 2.45) is 11.8 Å². The van der Waals surface area contributed by atoms with E-state index in [4.69, 9.17) is 14.9 Å². The average molecular weight is 258 g/mol. The summed E-state index contributed by atoms with van der Waals surface area (Å²) in [6, 6.07) is 0. The number of hydrogen-bond acceptors (Lipinski definition) is 4. The van der Waals surface area contributed by atoms with Gasteiger partial charge in [-0.05, 0) is 18.8 Å². The van der Waals surface area contributed by atoms with Crippen LogP contribution in [0.4, 0.5) is 0 Å². The molecule has 0 amide bonds. The Morgan fingerprint density at radius 3 is 2.39 bits per heavy atom. The Morgan fingerprint density at radius 1 is 1.33 bits per heavy atom. The highest BCUT2D eigenvalue weighted by Crippen LogP contribution is 2.19. The first-order chi connectivity index (χ1) is 8.36. The lowest BCUT2D eigenvalue weighted by Gasteiger charge is -2.15. The SMILES string of the molecule is C=CC(=O)OCCC(C)CC(CC(=O)O)C(=O)O. The van der Waals surface area contributed by atoms with Crippen LogP contribution in [-0.4, -0.2) is 34.7 Å². The first-order valence-corrected chi connectivity index (χ1v) is 5.60. The van der Waals surface area contributed by atoms with Gasteiger partial charge in [0.25, 0.3) is 0 Å². The standard InChI is InChI=1S/C12H18O6/c1-3-11(15)18-5-4-8(2)6-9(12(16)17)7-10(13)14/h3,8-9H,1,4-7H2,2H3,(H,13,14)(H,16,17). The predicted octanol–water partition coefficient (Wildman–Crippen LogP) is 1.31. The molecule has 0 aliphatic rings. The molecule has 0 aliphatic heterocycles. The molecule has 0 fully saturated rings. The summed E-state index contributed by atoms with van der Waals surface area (Å²) in [5, 5.41) is 17.4. The molecule has 2 atom stereocenters. The summed E-state index contributed by atoms with van der Waals surface area (Å²) in [5.74, 6) is -3.72. The lowest BCUT2D eigenvalue weighted by Crippen LogP contribution is -2.21. The first-order valence-electron chi connectivity index (χ1n) is 5.60. The molecule has 0 spiro atoms. The Bertz CT molecular complexity index is 323. The van der Waals surface area contributed by atoms with Crippen LogP contribution in [0.5, 0.6) is 0 Å². The van der Waals surface area contributed by atoms with Crippen molar-refractivity contribution < 1.29 is 29.3 Å². The van der Waals surface area contributed by atoms with Crippen molar-refractivity contribution in [3.05, 3.63) is 12.7 Å². The molecule has 0 aromatic rings. The van der Waals surface area contributed by atoms with Gasteiger partial charge in [-0.15, -0.1) is 0 Å². The molecular formula is C12H18O6. The van der Waals surface area contributed by atoms with Gasteiger partial charge in [-0.3, -0.25) is 9.59 Å². The molecule has 18 heavy (non-hydrogen) atoms. The molecule has 2 N–H and O–H groups in total. The lowest BCUT2D eigenvalue weighted by molar-refractivity contribution is -0.149. The van der Waals surface area contributed by atoms with E-state index in [2.05, 4.69) is 6.58 Å². The van der Waals surface area contributed by atoms with E-state index in [9.17, 15) is 14.4 Å². The van der Waals surface area contributed by atoms with Gasteiger partial charge in [0, 0.05) is 6.08 Å². The minimum Gasteiger partial charge on any atom is -0.481 e. The smallest absolute Gasteiger partial charge is 0.330 e. The van der Waals surface area contributed by atoms with Crippen molar-refractivity contribution in [1.29, 1.82) is 0 Å². The third-order valence-electron chi connectivity index (χ3n) is 2.48. The second-order valence-corrected chi connectivity index (χ2v) is 4.13. The summed E-state index contributed by atoms with van der Waals surface area (Å²) in [7, 11) is 0. The van der Waals surface area contributed by atoms with Crippen LogP contribution in [-0.2, 0) is 19.1 Å². The van der Waals surface area contributed by atoms with E-state index in [0.29, 0.717) is 6.42 Å². The highest BCUT2D eigenvalue weighted by Gasteiger charge is 2.23. The molecule has 0 aliphatic carbocycles. The van der Waals surface area contributed by atoms with Gasteiger partial charge in [-0.1, -0.05) is 13.5 Å². The van der Waals surface area contributed by atoms with Gasteiger partial charge in [0.05, 0.1) is 18.9 Å². The van der Waals surface area contributed by atoms with E-state index >= 15 is 0 Å². The number of carboxylic acids is 2. The van der Waals surface area contributed by atoms with E-state index in [-0.39, 0.29) is 18.9 Å². The zero-order valence-electron chi connectivity index (χ0n) is 10.3. The Labute approximate surface area is 105 Å². The third-order valence-corrected chi connectivity index (χ3v) is 2.48. The van der Waals surface area contributed by atoms with Gasteiger partial charge in [0.15, 0.2) is 0 Å². The van der Waals surface area contributed by atoms with Gasteiger partial charge >= 0.3 is 17.9 Å². The number of carbonyl (C=O) groups is 3. The average Bonchev–Trinajstić information content (AvgIpc) is 2.27. The fourth-order valence-corrected chi connectivity index (χ4v) is 1.51. The van der Waals surface area contributed by atoms with Crippen molar-refractivity contribution in [1.82, 2.24) is 0 Å². The topological polar surface area (TPSA) is 101 Å². The van der Waals surface area contributed by atoms with Crippen LogP contribution >= 0.6 is 0 Å². The van der Waals surface area contributed by atoms with Crippen molar-refractivity contribution >= 4 is 17.9 Å². The summed E-state index contributed by atoms with van der Waals surface area (Å²) in [6.07, 6.45) is 1.39. The molecule has 0 aromatic heterocycles. The van der Waals surface area contributed by atoms with Gasteiger partial charge in [-0.25, -0.2) is 4.79 Å². The number of carboxylic acid groups (broad SMARTS) is 2. The molecule has 0 aromatic carbocycles. The lowest BCUT2D eigenvalue weighted by atomic mass is 9.91. The number of aliphatic carboxylic acids is 2. The molecule has 0 saturated carbocycles. The fraction of sp³-hybridized carbons (Fsp3) is 0.583. The molecular weight excluding hydrogens is 240 g/mol. The van der Waals surface area contributed by atoms with Crippen LogP contribution in [0.3, 0.4) is 0 Å². The van der Waals surface area contributed by atoms with E-state index in [1.54, 1.807) is 6.92 Å². The number of esters is 1. The minimum atomic E-state index is -1.13. The van der Waals surface area contributed by atoms with E-state index < -0.39 is 30.2 Å². The monoisotopic (exact) mass is 258 g/mol. The number of rotatable bonds is 9. The second kappa shape index (κ2) is 8.27. The number of ether oxygens (including phenoxy) is 1. The Morgan fingerprint density at radius 2 is 1.94 bits per heavy atom. The summed E-state index contributed by atoms with van der Waals surface area (Å²) < 4.78 is 4.76. The van der Waals surface area contributed by atoms with Gasteiger partial charge < -0.3 is 14.9 Å². The molecule has 0 bridgehead atoms. The minimum absolute atomic E-state index is 0.0388. The molecule has 6 nitrogen and oxygen atoms in total. The summed E-state index contributed by atoms with van der Waals surface area (Å²) in [5.41, 5.74) is 0. The first kappa shape index (κ1) is 16.1. The van der Waals surface area contributed by atoms with Crippen molar-refractivity contribution in [2.45, 2.75) is 26.2 Å². The molecule has 0 saturated heterocycles. The number of carbonyl (C=O) groups excluding carboxylic acids is 1. The van der Waals surface area contributed by atoms with Crippen molar-refractivity contribution in [2.75, 3.05) is 6.61 Å². The normalized spacial score (nSPS) is 13.4. The molecule has 0 radical (unpaired) electrons. The second-order valence-electron chi connectivity index (χ2n) is 4.13. The zero-order chi connectivity index (χ0) is 14.1. The van der Waals surface area contributed by atoms with Gasteiger partial charge in [0.1, 0.15) is 0 Å². The maximum atomic E-state index is 10.8. The maximum Gasteiger partial charge on any atom is 0.330 e. The summed E-state index contributed by atoms with van der Waals surface area (Å²) in [4.78, 5) is 32.1. The van der Waals surface area contributed by atoms with Crippen LogP contribution in [0.25, 0.3) is 0 Å². The molecule has 0 heterocycles. The Balaban J connectivity index is 4.05. The Kier molecular flexibility index (Phi) is 7.42. The fourth-order valence-electron chi connectivity index (χ4n) is 1.51. The van der Waals surface area contributed by atoms with Crippen LogP contribution in [0.15, 0.2) is 12.7 Å². The molecule has 2 unspecified atom stereocenters. The summed E-state index contributed by atoms with van der Waals surface area (Å²) >= 11 is 0. The van der Waals surface area contributed by atoms with E-state index in [0.717, 1.165) is 6.08 Å². The van der Waals surface area contributed by atoms with Crippen molar-refractivity contribution in [3.63, 3.8) is 0 Å². The van der Waals surface area contributed by atoms with Crippen LogP contribution in [0.2, 0.25) is 0 Å². The molecule has 6 heteroatoms. The van der Waals surface area contributed by atoms with Crippen molar-refractivity contribution in [3.8, 4) is 0 Å². The molecule has 102 valence electrons. The maximum absolute atomic E-state index is 10.8. The Hall–Kier alpha value is -1.85. The number of hydrogen-bond donors (Lipinski definition) is 2. The highest BCUT2D eigenvalue weighted by molar-refractivity contribution is 5.81. The van der Waals surface area contributed by atoms with Gasteiger partial charge in [0.2, 0.25) is 0 Å². The third kappa shape index (κ3) is 7.43. The van der Waals surface area contributed by atoms with E-state index in [1.165, 1.54) is 0 Å². The summed E-state index contributed by atoms with van der Waals surface area (Å²) in [6.45, 7) is 5.21. The molecule has 0 rings (SSSR count). The van der Waals surface area contributed by atoms with E-state index in [1.807, 2.05) is 0 Å². The predicted molar refractivity (Wildman–Crippen MR) is 62.9 cm³/mol. The highest BCUT2D eigenvalue weighted by atomic mass is 16.5. The van der Waals surface area contributed by atoms with Crippen LogP contribution in [0, 0.1) is 11.8 Å². The van der Waals surface area contributed by atoms with Crippen LogP contribution in [0.1, 0.15) is 26.2 Å². The van der Waals surface area contributed by atoms with Gasteiger partial charge in [-0.2, -0.15) is 0 Å². The quantitative estimate of drug-likeness (QED) is 0.477.